The predicted octanol–water partition coefficient (Wildman–Crippen LogP) is 12.7. The molecule has 234 valence electrons. The molecule has 0 aromatic heterocycles. The van der Waals surface area contributed by atoms with Gasteiger partial charge in [0.1, 0.15) is 0 Å². The van der Waals surface area contributed by atoms with Gasteiger partial charge in [-0.15, -0.1) is 0 Å². The number of aryl methyl sites for hydroxylation is 2. The molecule has 8 aromatic carbocycles. The molecule has 0 heteroatoms. The standard InChI is InChI=1S/C50H34/c1-30-26-31(2)28-33(27-30)46-36-17-5-7-19-38(36)47(39-20-8-6-18-37(39)46)41-22-13-25-45-48(41)40-21-10-12-24-44(40)50(45)43-23-11-9-16-35(43)42-29-32-14-3-4-15-34(32)49(42)50/h3-28H,29H2,1-2H3. The maximum Gasteiger partial charge on any atom is 0.0728 e. The average Bonchev–Trinajstić information content (AvgIpc) is 3.77. The second kappa shape index (κ2) is 10.0. The first-order valence-electron chi connectivity index (χ1n) is 17.8. The van der Waals surface area contributed by atoms with Gasteiger partial charge in [-0.1, -0.05) is 169 Å². The number of fused-ring (bicyclic) bond motifs is 13. The van der Waals surface area contributed by atoms with Gasteiger partial charge in [0.15, 0.2) is 0 Å². The third kappa shape index (κ3) is 3.46. The van der Waals surface area contributed by atoms with Gasteiger partial charge in [-0.25, -0.2) is 0 Å². The minimum atomic E-state index is -0.370. The van der Waals surface area contributed by atoms with Crippen LogP contribution in [0.3, 0.4) is 0 Å². The molecule has 11 rings (SSSR count). The van der Waals surface area contributed by atoms with Crippen LogP contribution in [0.15, 0.2) is 158 Å². The maximum absolute atomic E-state index is 2.43. The number of benzene rings is 8. The third-order valence-corrected chi connectivity index (χ3v) is 11.8. The zero-order valence-corrected chi connectivity index (χ0v) is 28.2. The quantitative estimate of drug-likeness (QED) is 0.166. The number of hydrogen-bond acceptors (Lipinski definition) is 0. The average molecular weight is 635 g/mol. The van der Waals surface area contributed by atoms with Crippen LogP contribution in [0.5, 0.6) is 0 Å². The highest BCUT2D eigenvalue weighted by atomic mass is 14.6. The number of rotatable bonds is 2. The molecule has 0 aliphatic heterocycles. The first-order chi connectivity index (χ1) is 24.6. The highest BCUT2D eigenvalue weighted by Gasteiger charge is 2.55. The van der Waals surface area contributed by atoms with Crippen molar-refractivity contribution in [3.05, 3.63) is 202 Å². The van der Waals surface area contributed by atoms with Crippen LogP contribution in [0, 0.1) is 13.8 Å². The number of hydrogen-bond donors (Lipinski definition) is 0. The van der Waals surface area contributed by atoms with Gasteiger partial charge in [0.2, 0.25) is 0 Å². The van der Waals surface area contributed by atoms with Crippen LogP contribution in [0.2, 0.25) is 0 Å². The highest BCUT2D eigenvalue weighted by molar-refractivity contribution is 6.23. The van der Waals surface area contributed by atoms with E-state index in [1.165, 1.54) is 111 Å². The molecule has 0 nitrogen and oxygen atoms in total. The molecule has 0 N–H and O–H groups in total. The normalized spacial score (nSPS) is 16.5. The van der Waals surface area contributed by atoms with E-state index in [4.69, 9.17) is 0 Å². The fourth-order valence-corrected chi connectivity index (χ4v) is 10.2. The van der Waals surface area contributed by atoms with Crippen molar-refractivity contribution in [3.8, 4) is 33.4 Å². The molecule has 1 atom stereocenters. The van der Waals surface area contributed by atoms with Crippen LogP contribution in [0.1, 0.15) is 44.5 Å². The Kier molecular flexibility index (Phi) is 5.60. The summed E-state index contributed by atoms with van der Waals surface area (Å²) < 4.78 is 0. The zero-order chi connectivity index (χ0) is 33.1. The van der Waals surface area contributed by atoms with Crippen LogP contribution >= 0.6 is 0 Å². The van der Waals surface area contributed by atoms with E-state index >= 15 is 0 Å². The summed E-state index contributed by atoms with van der Waals surface area (Å²) in [5, 5.41) is 5.19. The van der Waals surface area contributed by atoms with Gasteiger partial charge < -0.3 is 0 Å². The summed E-state index contributed by atoms with van der Waals surface area (Å²) in [6.45, 7) is 4.42. The summed E-state index contributed by atoms with van der Waals surface area (Å²) in [5.74, 6) is 0. The lowest BCUT2D eigenvalue weighted by Crippen LogP contribution is -2.26. The van der Waals surface area contributed by atoms with E-state index in [-0.39, 0.29) is 5.41 Å². The highest BCUT2D eigenvalue weighted by Crippen LogP contribution is 2.68. The Morgan fingerprint density at radius 3 is 1.58 bits per heavy atom. The predicted molar refractivity (Wildman–Crippen MR) is 211 cm³/mol. The molecule has 0 saturated heterocycles. The van der Waals surface area contributed by atoms with Gasteiger partial charge in [-0.2, -0.15) is 0 Å². The topological polar surface area (TPSA) is 0 Å². The molecule has 8 aromatic rings. The molecule has 0 bridgehead atoms. The van der Waals surface area contributed by atoms with Crippen LogP contribution in [-0.2, 0) is 11.8 Å². The van der Waals surface area contributed by atoms with Crippen LogP contribution < -0.4 is 0 Å². The van der Waals surface area contributed by atoms with Gasteiger partial charge in [0.05, 0.1) is 5.41 Å². The minimum absolute atomic E-state index is 0.370. The van der Waals surface area contributed by atoms with Crippen LogP contribution in [0.4, 0.5) is 0 Å². The molecular formula is C50H34. The Hall–Kier alpha value is -5.98. The first kappa shape index (κ1) is 27.9. The Morgan fingerprint density at radius 2 is 0.900 bits per heavy atom. The molecule has 0 fully saturated rings. The minimum Gasteiger partial charge on any atom is -0.0619 e. The van der Waals surface area contributed by atoms with Crippen molar-refractivity contribution in [2.45, 2.75) is 25.7 Å². The van der Waals surface area contributed by atoms with Crippen molar-refractivity contribution in [3.63, 3.8) is 0 Å². The third-order valence-electron chi connectivity index (χ3n) is 11.8. The monoisotopic (exact) mass is 634 g/mol. The summed E-state index contributed by atoms with van der Waals surface area (Å²) in [7, 11) is 0. The second-order valence-corrected chi connectivity index (χ2v) is 14.5. The zero-order valence-electron chi connectivity index (χ0n) is 28.2. The van der Waals surface area contributed by atoms with Gasteiger partial charge in [-0.3, -0.25) is 0 Å². The summed E-state index contributed by atoms with van der Waals surface area (Å²) in [4.78, 5) is 0. The van der Waals surface area contributed by atoms with Crippen molar-refractivity contribution in [1.82, 2.24) is 0 Å². The molecule has 50 heavy (non-hydrogen) atoms. The van der Waals surface area contributed by atoms with Crippen molar-refractivity contribution in [2.24, 2.45) is 0 Å². The molecule has 3 aliphatic rings. The largest absolute Gasteiger partial charge is 0.0728 e. The Morgan fingerprint density at radius 1 is 0.400 bits per heavy atom. The van der Waals surface area contributed by atoms with Crippen molar-refractivity contribution in [1.29, 1.82) is 0 Å². The Balaban J connectivity index is 1.29. The van der Waals surface area contributed by atoms with E-state index in [1.807, 2.05) is 0 Å². The van der Waals surface area contributed by atoms with Crippen LogP contribution in [0.25, 0.3) is 66.1 Å². The van der Waals surface area contributed by atoms with Crippen LogP contribution in [-0.4, -0.2) is 0 Å². The fraction of sp³-hybridized carbons (Fsp3) is 0.0800. The van der Waals surface area contributed by atoms with Gasteiger partial charge >= 0.3 is 0 Å². The van der Waals surface area contributed by atoms with E-state index in [9.17, 15) is 0 Å². The van der Waals surface area contributed by atoms with Gasteiger partial charge in [0, 0.05) is 0 Å². The Bertz CT molecular complexity index is 2730. The van der Waals surface area contributed by atoms with E-state index < -0.39 is 0 Å². The fourth-order valence-electron chi connectivity index (χ4n) is 10.2. The van der Waals surface area contributed by atoms with Gasteiger partial charge in [0.25, 0.3) is 0 Å². The second-order valence-electron chi connectivity index (χ2n) is 14.5. The summed E-state index contributed by atoms with van der Waals surface area (Å²) in [6.07, 6.45) is 0.983. The number of allylic oxidation sites excluding steroid dienone is 2. The first-order valence-corrected chi connectivity index (χ1v) is 17.8. The van der Waals surface area contributed by atoms with E-state index in [1.54, 1.807) is 0 Å². The van der Waals surface area contributed by atoms with E-state index in [0.717, 1.165) is 6.42 Å². The van der Waals surface area contributed by atoms with Gasteiger partial charge in [-0.05, 0) is 120 Å². The molecule has 3 aliphatic carbocycles. The SMILES string of the molecule is Cc1cc(C)cc(-c2c3ccccc3c(-c3cccc4c3-c3ccccc3C43C4=C(Cc5ccccc54)c4ccccc43)c3ccccc23)c1. The lowest BCUT2D eigenvalue weighted by molar-refractivity contribution is 0.842. The van der Waals surface area contributed by atoms with E-state index in [0.29, 0.717) is 0 Å². The summed E-state index contributed by atoms with van der Waals surface area (Å²) >= 11 is 0. The smallest absolute Gasteiger partial charge is 0.0619 e. The lowest BCUT2D eigenvalue weighted by atomic mass is 9.68. The molecule has 0 saturated carbocycles. The molecule has 0 heterocycles. The molecule has 1 spiro atoms. The van der Waals surface area contributed by atoms with Crippen molar-refractivity contribution in [2.75, 3.05) is 0 Å². The van der Waals surface area contributed by atoms with Crippen molar-refractivity contribution >= 4 is 32.7 Å². The maximum atomic E-state index is 2.43. The lowest BCUT2D eigenvalue weighted by Gasteiger charge is -2.33. The van der Waals surface area contributed by atoms with E-state index in [2.05, 4.69) is 172 Å². The Labute approximate surface area is 293 Å². The van der Waals surface area contributed by atoms with Crippen molar-refractivity contribution < 1.29 is 0 Å². The molecular weight excluding hydrogens is 601 g/mol. The molecule has 0 radical (unpaired) electrons. The molecule has 0 amide bonds. The summed E-state index contributed by atoms with van der Waals surface area (Å²) in [6, 6.07) is 59.9. The molecule has 1 unspecified atom stereocenters. The summed E-state index contributed by atoms with van der Waals surface area (Å²) in [5.41, 5.74) is 21.6.